The molecule has 2 aromatic rings. The van der Waals surface area contributed by atoms with Crippen LogP contribution in [0.15, 0.2) is 22.9 Å². The topological polar surface area (TPSA) is 26.0 Å². The molecule has 0 saturated carbocycles. The molecule has 13 heavy (non-hydrogen) atoms. The van der Waals surface area contributed by atoms with Gasteiger partial charge in [-0.3, -0.25) is 0 Å². The van der Waals surface area contributed by atoms with Crippen molar-refractivity contribution in [2.24, 2.45) is 5.73 Å². The Labute approximate surface area is 85.8 Å². The lowest BCUT2D eigenvalue weighted by Crippen LogP contribution is -1.91. The van der Waals surface area contributed by atoms with E-state index in [1.165, 1.54) is 20.9 Å². The minimum Gasteiger partial charge on any atom is -0.326 e. The summed E-state index contributed by atoms with van der Waals surface area (Å²) in [5.41, 5.74) is 8.24. The predicted molar refractivity (Wildman–Crippen MR) is 60.3 cm³/mol. The average Bonchev–Trinajstić information content (AvgIpc) is 2.71. The molecule has 0 atom stereocenters. The second-order valence-electron chi connectivity index (χ2n) is 2.94. The summed E-state index contributed by atoms with van der Waals surface area (Å²) in [5.74, 6) is 0. The molecular weight excluding hydrogens is 198 g/mol. The van der Waals surface area contributed by atoms with Gasteiger partial charge in [-0.2, -0.15) is 0 Å². The maximum absolute atomic E-state index is 5.57. The van der Waals surface area contributed by atoms with Crippen molar-refractivity contribution < 1.29 is 0 Å². The highest BCUT2D eigenvalue weighted by atomic mass is 32.1. The van der Waals surface area contributed by atoms with E-state index in [4.69, 9.17) is 5.73 Å². The van der Waals surface area contributed by atoms with Crippen LogP contribution < -0.4 is 5.73 Å². The first-order valence-electron chi connectivity index (χ1n) is 4.13. The molecule has 0 aliphatic rings. The van der Waals surface area contributed by atoms with Crippen LogP contribution in [0.25, 0.3) is 10.4 Å². The van der Waals surface area contributed by atoms with Crippen molar-refractivity contribution in [3.63, 3.8) is 0 Å². The van der Waals surface area contributed by atoms with Crippen molar-refractivity contribution in [2.45, 2.75) is 13.5 Å². The Morgan fingerprint density at radius 2 is 2.23 bits per heavy atom. The van der Waals surface area contributed by atoms with Crippen LogP contribution in [0, 0.1) is 6.92 Å². The van der Waals surface area contributed by atoms with Crippen LogP contribution in [0.2, 0.25) is 0 Å². The SMILES string of the molecule is Cc1ccsc1-c1csc(CN)c1. The summed E-state index contributed by atoms with van der Waals surface area (Å²) in [5, 5.41) is 4.31. The van der Waals surface area contributed by atoms with Crippen molar-refractivity contribution in [3.05, 3.63) is 33.3 Å². The van der Waals surface area contributed by atoms with Crippen LogP contribution in [0.1, 0.15) is 10.4 Å². The van der Waals surface area contributed by atoms with Crippen LogP contribution in [0.5, 0.6) is 0 Å². The maximum Gasteiger partial charge on any atom is 0.0380 e. The van der Waals surface area contributed by atoms with Gasteiger partial charge in [0, 0.05) is 21.9 Å². The summed E-state index contributed by atoms with van der Waals surface area (Å²) >= 11 is 3.53. The predicted octanol–water partition coefficient (Wildman–Crippen LogP) is 3.24. The van der Waals surface area contributed by atoms with Gasteiger partial charge < -0.3 is 5.73 Å². The first kappa shape index (κ1) is 8.94. The number of nitrogens with two attached hydrogens (primary N) is 1. The minimum atomic E-state index is 0.648. The van der Waals surface area contributed by atoms with E-state index in [2.05, 4.69) is 29.8 Å². The second kappa shape index (κ2) is 3.62. The Morgan fingerprint density at radius 3 is 2.77 bits per heavy atom. The Kier molecular flexibility index (Phi) is 2.49. The Morgan fingerprint density at radius 1 is 1.38 bits per heavy atom. The highest BCUT2D eigenvalue weighted by Crippen LogP contribution is 2.32. The fraction of sp³-hybridized carbons (Fsp3) is 0.200. The molecule has 2 N–H and O–H groups in total. The molecule has 0 aromatic carbocycles. The van der Waals surface area contributed by atoms with Gasteiger partial charge in [0.05, 0.1) is 0 Å². The van der Waals surface area contributed by atoms with Crippen LogP contribution in [0.4, 0.5) is 0 Å². The highest BCUT2D eigenvalue weighted by molar-refractivity contribution is 7.14. The zero-order chi connectivity index (χ0) is 9.26. The normalized spacial score (nSPS) is 10.6. The summed E-state index contributed by atoms with van der Waals surface area (Å²) < 4.78 is 0. The van der Waals surface area contributed by atoms with E-state index in [9.17, 15) is 0 Å². The third-order valence-electron chi connectivity index (χ3n) is 1.98. The molecule has 0 bridgehead atoms. The molecule has 2 aromatic heterocycles. The van der Waals surface area contributed by atoms with E-state index in [1.807, 2.05) is 0 Å². The summed E-state index contributed by atoms with van der Waals surface area (Å²) in [4.78, 5) is 2.62. The summed E-state index contributed by atoms with van der Waals surface area (Å²) in [6, 6.07) is 4.34. The van der Waals surface area contributed by atoms with Gasteiger partial charge in [-0.05, 0) is 35.4 Å². The van der Waals surface area contributed by atoms with Gasteiger partial charge in [-0.1, -0.05) is 0 Å². The van der Waals surface area contributed by atoms with E-state index >= 15 is 0 Å². The number of rotatable bonds is 2. The van der Waals surface area contributed by atoms with Crippen molar-refractivity contribution in [2.75, 3.05) is 0 Å². The second-order valence-corrected chi connectivity index (χ2v) is 4.85. The Bertz CT molecular complexity index is 400. The average molecular weight is 209 g/mol. The summed E-state index contributed by atoms with van der Waals surface area (Å²) in [6.45, 7) is 2.79. The van der Waals surface area contributed by atoms with Gasteiger partial charge in [-0.25, -0.2) is 0 Å². The van der Waals surface area contributed by atoms with E-state index in [-0.39, 0.29) is 0 Å². The molecule has 2 heterocycles. The molecule has 2 rings (SSSR count). The third kappa shape index (κ3) is 1.68. The molecule has 68 valence electrons. The molecular formula is C10H11NS2. The van der Waals surface area contributed by atoms with E-state index in [1.54, 1.807) is 22.7 Å². The van der Waals surface area contributed by atoms with Crippen LogP contribution in [0.3, 0.4) is 0 Å². The molecule has 0 radical (unpaired) electrons. The van der Waals surface area contributed by atoms with Crippen molar-refractivity contribution in [3.8, 4) is 10.4 Å². The van der Waals surface area contributed by atoms with Gasteiger partial charge in [-0.15, -0.1) is 22.7 Å². The lowest BCUT2D eigenvalue weighted by molar-refractivity contribution is 1.11. The third-order valence-corrected chi connectivity index (χ3v) is 4.00. The molecule has 3 heteroatoms. The first-order valence-corrected chi connectivity index (χ1v) is 5.89. The van der Waals surface area contributed by atoms with Crippen LogP contribution in [-0.4, -0.2) is 0 Å². The molecule has 0 unspecified atom stereocenters. The van der Waals surface area contributed by atoms with E-state index < -0.39 is 0 Å². The number of thiophene rings is 2. The smallest absolute Gasteiger partial charge is 0.0380 e. The molecule has 0 spiro atoms. The van der Waals surface area contributed by atoms with E-state index in [0.29, 0.717) is 6.54 Å². The number of hydrogen-bond donors (Lipinski definition) is 1. The fourth-order valence-corrected chi connectivity index (χ4v) is 3.02. The summed E-state index contributed by atoms with van der Waals surface area (Å²) in [6.07, 6.45) is 0. The zero-order valence-electron chi connectivity index (χ0n) is 7.41. The van der Waals surface area contributed by atoms with Crippen molar-refractivity contribution >= 4 is 22.7 Å². The highest BCUT2D eigenvalue weighted by Gasteiger charge is 2.05. The quantitative estimate of drug-likeness (QED) is 0.807. The van der Waals surface area contributed by atoms with Gasteiger partial charge in [0.2, 0.25) is 0 Å². The van der Waals surface area contributed by atoms with Gasteiger partial charge in [0.25, 0.3) is 0 Å². The zero-order valence-corrected chi connectivity index (χ0v) is 9.04. The number of hydrogen-bond acceptors (Lipinski definition) is 3. The van der Waals surface area contributed by atoms with Gasteiger partial charge in [0.1, 0.15) is 0 Å². The maximum atomic E-state index is 5.57. The molecule has 0 aliphatic carbocycles. The van der Waals surface area contributed by atoms with Crippen LogP contribution >= 0.6 is 22.7 Å². The summed E-state index contributed by atoms with van der Waals surface area (Å²) in [7, 11) is 0. The molecule has 0 saturated heterocycles. The lowest BCUT2D eigenvalue weighted by atomic mass is 10.2. The Hall–Kier alpha value is -0.640. The Balaban J connectivity index is 2.41. The van der Waals surface area contributed by atoms with Gasteiger partial charge in [0.15, 0.2) is 0 Å². The standard InChI is InChI=1S/C10H11NS2/c1-7-2-3-12-10(7)8-4-9(5-11)13-6-8/h2-4,6H,5,11H2,1H3. The minimum absolute atomic E-state index is 0.648. The molecule has 0 fully saturated rings. The molecule has 1 nitrogen and oxygen atoms in total. The number of aryl methyl sites for hydroxylation is 1. The van der Waals surface area contributed by atoms with Crippen molar-refractivity contribution in [1.29, 1.82) is 0 Å². The lowest BCUT2D eigenvalue weighted by Gasteiger charge is -1.93. The van der Waals surface area contributed by atoms with Crippen molar-refractivity contribution in [1.82, 2.24) is 0 Å². The monoisotopic (exact) mass is 209 g/mol. The van der Waals surface area contributed by atoms with Crippen LogP contribution in [-0.2, 0) is 6.54 Å². The van der Waals surface area contributed by atoms with E-state index in [0.717, 1.165) is 0 Å². The first-order chi connectivity index (χ1) is 6.31. The molecule has 0 amide bonds. The molecule has 0 aliphatic heterocycles. The van der Waals surface area contributed by atoms with Gasteiger partial charge >= 0.3 is 0 Å². The fourth-order valence-electron chi connectivity index (χ4n) is 1.28. The largest absolute Gasteiger partial charge is 0.326 e.